The fraction of sp³-hybridized carbons (Fsp3) is 0.188. The third kappa shape index (κ3) is 2.92. The number of halogens is 1. The Morgan fingerprint density at radius 1 is 1.15 bits per heavy atom. The van der Waals surface area contributed by atoms with Crippen LogP contribution in [0, 0.1) is 0 Å². The molecule has 0 N–H and O–H groups in total. The van der Waals surface area contributed by atoms with E-state index in [1.807, 2.05) is 54.6 Å². The topological polar surface area (TPSA) is 32.8 Å². The molecule has 1 aliphatic heterocycles. The molecule has 0 radical (unpaired) electrons. The molecule has 3 rings (SSSR count). The predicted octanol–water partition coefficient (Wildman–Crippen LogP) is 3.49. The van der Waals surface area contributed by atoms with E-state index in [2.05, 4.69) is 15.9 Å². The van der Waals surface area contributed by atoms with Crippen LogP contribution < -0.4 is 4.90 Å². The number of para-hydroxylation sites is 1. The SMILES string of the molecule is O=C(c1ccccc1)N(CC1CO1)c1ccccc1Br. The molecule has 1 aliphatic rings. The van der Waals surface area contributed by atoms with Crippen molar-refractivity contribution in [3.63, 3.8) is 0 Å². The summed E-state index contributed by atoms with van der Waals surface area (Å²) >= 11 is 3.51. The zero-order chi connectivity index (χ0) is 13.9. The van der Waals surface area contributed by atoms with Crippen molar-refractivity contribution >= 4 is 27.5 Å². The summed E-state index contributed by atoms with van der Waals surface area (Å²) in [7, 11) is 0. The molecule has 1 saturated heterocycles. The lowest BCUT2D eigenvalue weighted by molar-refractivity contribution is 0.0984. The van der Waals surface area contributed by atoms with Crippen LogP contribution in [0.4, 0.5) is 5.69 Å². The van der Waals surface area contributed by atoms with Crippen LogP contribution in [0.15, 0.2) is 59.1 Å². The van der Waals surface area contributed by atoms with Crippen molar-refractivity contribution in [2.45, 2.75) is 6.10 Å². The molecule has 20 heavy (non-hydrogen) atoms. The van der Waals surface area contributed by atoms with Gasteiger partial charge in [-0.2, -0.15) is 0 Å². The van der Waals surface area contributed by atoms with Gasteiger partial charge in [0.15, 0.2) is 0 Å². The van der Waals surface area contributed by atoms with Crippen LogP contribution in [-0.2, 0) is 4.74 Å². The predicted molar refractivity (Wildman–Crippen MR) is 82.0 cm³/mol. The van der Waals surface area contributed by atoms with E-state index >= 15 is 0 Å². The normalized spacial score (nSPS) is 16.8. The molecule has 3 nitrogen and oxygen atoms in total. The first-order valence-corrected chi connectivity index (χ1v) is 7.28. The van der Waals surface area contributed by atoms with E-state index in [1.54, 1.807) is 4.90 Å². The van der Waals surface area contributed by atoms with Gasteiger partial charge in [-0.1, -0.05) is 30.3 Å². The Kier molecular flexibility index (Phi) is 3.85. The summed E-state index contributed by atoms with van der Waals surface area (Å²) in [5, 5.41) is 0. The van der Waals surface area contributed by atoms with Gasteiger partial charge < -0.3 is 9.64 Å². The number of benzene rings is 2. The first kappa shape index (κ1) is 13.3. The zero-order valence-electron chi connectivity index (χ0n) is 10.8. The zero-order valence-corrected chi connectivity index (χ0v) is 12.4. The van der Waals surface area contributed by atoms with E-state index < -0.39 is 0 Å². The van der Waals surface area contributed by atoms with Gasteiger partial charge in [0, 0.05) is 10.0 Å². The molecule has 4 heteroatoms. The summed E-state index contributed by atoms with van der Waals surface area (Å²) in [6.45, 7) is 1.30. The number of amides is 1. The maximum absolute atomic E-state index is 12.7. The summed E-state index contributed by atoms with van der Waals surface area (Å²) in [5.41, 5.74) is 1.56. The molecule has 2 aromatic carbocycles. The maximum atomic E-state index is 12.7. The highest BCUT2D eigenvalue weighted by Gasteiger charge is 2.30. The number of carbonyl (C=O) groups is 1. The lowest BCUT2D eigenvalue weighted by Gasteiger charge is -2.23. The fourth-order valence-electron chi connectivity index (χ4n) is 2.07. The molecule has 0 bridgehead atoms. The molecule has 102 valence electrons. The second kappa shape index (κ2) is 5.77. The smallest absolute Gasteiger partial charge is 0.258 e. The van der Waals surface area contributed by atoms with Crippen LogP contribution in [0.25, 0.3) is 0 Å². The van der Waals surface area contributed by atoms with Crippen molar-refractivity contribution in [2.24, 2.45) is 0 Å². The standard InChI is InChI=1S/C16H14BrNO2/c17-14-8-4-5-9-15(14)18(10-13-11-20-13)16(19)12-6-2-1-3-7-12/h1-9,13H,10-11H2. The van der Waals surface area contributed by atoms with Gasteiger partial charge >= 0.3 is 0 Å². The van der Waals surface area contributed by atoms with Crippen LogP contribution >= 0.6 is 15.9 Å². The minimum absolute atomic E-state index is 0.00648. The third-order valence-corrected chi connectivity index (χ3v) is 3.87. The van der Waals surface area contributed by atoms with E-state index in [4.69, 9.17) is 4.74 Å². The maximum Gasteiger partial charge on any atom is 0.258 e. The first-order chi connectivity index (χ1) is 9.75. The molecule has 1 heterocycles. The van der Waals surface area contributed by atoms with Crippen LogP contribution in [0.3, 0.4) is 0 Å². The molecule has 0 aromatic heterocycles. The molecule has 1 unspecified atom stereocenters. The van der Waals surface area contributed by atoms with Crippen molar-refractivity contribution in [1.82, 2.24) is 0 Å². The Bertz CT molecular complexity index is 611. The molecule has 1 fully saturated rings. The van der Waals surface area contributed by atoms with Crippen molar-refractivity contribution in [1.29, 1.82) is 0 Å². The van der Waals surface area contributed by atoms with Gasteiger partial charge in [0.05, 0.1) is 24.9 Å². The average molecular weight is 332 g/mol. The van der Waals surface area contributed by atoms with Gasteiger partial charge in [0.25, 0.3) is 5.91 Å². The number of anilines is 1. The van der Waals surface area contributed by atoms with E-state index in [-0.39, 0.29) is 12.0 Å². The van der Waals surface area contributed by atoms with Crippen LogP contribution in [0.1, 0.15) is 10.4 Å². The molecule has 0 spiro atoms. The van der Waals surface area contributed by atoms with Crippen molar-refractivity contribution in [3.8, 4) is 0 Å². The molecule has 1 amide bonds. The number of hydrogen-bond donors (Lipinski definition) is 0. The van der Waals surface area contributed by atoms with E-state index in [0.29, 0.717) is 12.1 Å². The summed E-state index contributed by atoms with van der Waals surface area (Å²) in [5.74, 6) is -0.00648. The summed E-state index contributed by atoms with van der Waals surface area (Å²) in [4.78, 5) is 14.5. The molecule has 2 aromatic rings. The minimum Gasteiger partial charge on any atom is -0.371 e. The van der Waals surface area contributed by atoms with Crippen molar-refractivity contribution in [3.05, 3.63) is 64.6 Å². The Balaban J connectivity index is 1.94. The van der Waals surface area contributed by atoms with Gasteiger partial charge in [0.1, 0.15) is 0 Å². The largest absolute Gasteiger partial charge is 0.371 e. The van der Waals surface area contributed by atoms with E-state index in [1.165, 1.54) is 0 Å². The van der Waals surface area contributed by atoms with Gasteiger partial charge in [-0.3, -0.25) is 4.79 Å². The van der Waals surface area contributed by atoms with Gasteiger partial charge in [-0.05, 0) is 40.2 Å². The number of nitrogens with zero attached hydrogens (tertiary/aromatic N) is 1. The summed E-state index contributed by atoms with van der Waals surface area (Å²) < 4.78 is 6.18. The number of ether oxygens (including phenoxy) is 1. The van der Waals surface area contributed by atoms with E-state index in [9.17, 15) is 4.79 Å². The van der Waals surface area contributed by atoms with Gasteiger partial charge in [-0.15, -0.1) is 0 Å². The van der Waals surface area contributed by atoms with Gasteiger partial charge in [0.2, 0.25) is 0 Å². The number of carbonyl (C=O) groups excluding carboxylic acids is 1. The van der Waals surface area contributed by atoms with Crippen LogP contribution in [0.5, 0.6) is 0 Å². The average Bonchev–Trinajstić information content (AvgIpc) is 3.30. The molecule has 0 aliphatic carbocycles. The quantitative estimate of drug-likeness (QED) is 0.803. The van der Waals surface area contributed by atoms with Crippen LogP contribution in [-0.4, -0.2) is 25.2 Å². The first-order valence-electron chi connectivity index (χ1n) is 6.49. The van der Waals surface area contributed by atoms with Gasteiger partial charge in [-0.25, -0.2) is 0 Å². The lowest BCUT2D eigenvalue weighted by atomic mass is 10.1. The monoisotopic (exact) mass is 331 g/mol. The second-order valence-electron chi connectivity index (χ2n) is 4.69. The minimum atomic E-state index is -0.00648. The van der Waals surface area contributed by atoms with Crippen LogP contribution in [0.2, 0.25) is 0 Å². The highest BCUT2D eigenvalue weighted by atomic mass is 79.9. The molecule has 0 saturated carbocycles. The van der Waals surface area contributed by atoms with Crippen molar-refractivity contribution < 1.29 is 9.53 Å². The summed E-state index contributed by atoms with van der Waals surface area (Å²) in [6, 6.07) is 17.1. The Labute approximate surface area is 126 Å². The second-order valence-corrected chi connectivity index (χ2v) is 5.54. The summed E-state index contributed by atoms with van der Waals surface area (Å²) in [6.07, 6.45) is 0.148. The fourth-order valence-corrected chi connectivity index (χ4v) is 2.57. The van der Waals surface area contributed by atoms with E-state index in [0.717, 1.165) is 16.8 Å². The number of epoxide rings is 1. The number of hydrogen-bond acceptors (Lipinski definition) is 2. The Hall–Kier alpha value is -1.65. The Morgan fingerprint density at radius 2 is 1.80 bits per heavy atom. The molecular weight excluding hydrogens is 318 g/mol. The number of rotatable bonds is 4. The van der Waals surface area contributed by atoms with Crippen molar-refractivity contribution in [2.75, 3.05) is 18.1 Å². The molecule has 1 atom stereocenters. The molecular formula is C16H14BrNO2. The highest BCUT2D eigenvalue weighted by molar-refractivity contribution is 9.10. The Morgan fingerprint density at radius 3 is 2.45 bits per heavy atom. The highest BCUT2D eigenvalue weighted by Crippen LogP contribution is 2.28. The lowest BCUT2D eigenvalue weighted by Crippen LogP contribution is -2.34. The third-order valence-electron chi connectivity index (χ3n) is 3.20.